The smallest absolute Gasteiger partial charge is 0.305 e. The van der Waals surface area contributed by atoms with Crippen molar-refractivity contribution in [3.05, 3.63) is 0 Å². The first-order valence-electron chi connectivity index (χ1n) is 4.98. The van der Waals surface area contributed by atoms with Gasteiger partial charge < -0.3 is 5.32 Å². The van der Waals surface area contributed by atoms with Crippen LogP contribution in [0, 0.1) is 0 Å². The standard InChI is InChI=1S/C9H17N3O2S/c1-3-5-6-10-9(15)12-11-8(14)7(13)4-2/h3-6H2,1-2H3,(H,11,14)(H2,10,12,15). The van der Waals surface area contributed by atoms with Gasteiger partial charge in [-0.25, -0.2) is 0 Å². The van der Waals surface area contributed by atoms with Crippen LogP contribution in [0.15, 0.2) is 0 Å². The van der Waals surface area contributed by atoms with Crippen LogP contribution in [-0.4, -0.2) is 23.3 Å². The van der Waals surface area contributed by atoms with Gasteiger partial charge in [0.05, 0.1) is 0 Å². The minimum atomic E-state index is -0.669. The van der Waals surface area contributed by atoms with Gasteiger partial charge in [-0.15, -0.1) is 0 Å². The molecular weight excluding hydrogens is 214 g/mol. The second-order valence-electron chi connectivity index (χ2n) is 2.97. The molecule has 0 aromatic rings. The number of amides is 1. The van der Waals surface area contributed by atoms with Crippen LogP contribution in [-0.2, 0) is 9.59 Å². The summed E-state index contributed by atoms with van der Waals surface area (Å²) in [6, 6.07) is 0. The molecule has 0 rings (SSSR count). The summed E-state index contributed by atoms with van der Waals surface area (Å²) in [5, 5.41) is 3.21. The maximum atomic E-state index is 11.0. The highest BCUT2D eigenvalue weighted by Gasteiger charge is 2.09. The monoisotopic (exact) mass is 231 g/mol. The quantitative estimate of drug-likeness (QED) is 0.274. The van der Waals surface area contributed by atoms with Crippen molar-refractivity contribution in [3.63, 3.8) is 0 Å². The predicted molar refractivity (Wildman–Crippen MR) is 62.1 cm³/mol. The molecule has 0 aromatic carbocycles. The molecule has 5 nitrogen and oxygen atoms in total. The van der Waals surface area contributed by atoms with Crippen LogP contribution >= 0.6 is 12.2 Å². The summed E-state index contributed by atoms with van der Waals surface area (Å²) >= 11 is 4.86. The first-order chi connectivity index (χ1) is 7.11. The van der Waals surface area contributed by atoms with E-state index in [1.165, 1.54) is 0 Å². The van der Waals surface area contributed by atoms with Crippen LogP contribution in [0.4, 0.5) is 0 Å². The first-order valence-corrected chi connectivity index (χ1v) is 5.39. The molecule has 0 aliphatic heterocycles. The minimum Gasteiger partial charge on any atom is -0.361 e. The molecule has 0 bridgehead atoms. The second kappa shape index (κ2) is 8.16. The molecule has 0 saturated heterocycles. The van der Waals surface area contributed by atoms with Crippen molar-refractivity contribution in [1.29, 1.82) is 0 Å². The van der Waals surface area contributed by atoms with Gasteiger partial charge in [-0.2, -0.15) is 0 Å². The lowest BCUT2D eigenvalue weighted by Crippen LogP contribution is -2.49. The second-order valence-corrected chi connectivity index (χ2v) is 3.37. The fourth-order valence-electron chi connectivity index (χ4n) is 0.767. The fourth-order valence-corrected chi connectivity index (χ4v) is 0.920. The lowest BCUT2D eigenvalue weighted by Gasteiger charge is -2.10. The average Bonchev–Trinajstić information content (AvgIpc) is 2.25. The van der Waals surface area contributed by atoms with Gasteiger partial charge in [0.1, 0.15) is 0 Å². The highest BCUT2D eigenvalue weighted by Crippen LogP contribution is 1.82. The topological polar surface area (TPSA) is 70.2 Å². The lowest BCUT2D eigenvalue weighted by molar-refractivity contribution is -0.138. The normalized spacial score (nSPS) is 9.20. The van der Waals surface area contributed by atoms with Gasteiger partial charge in [-0.3, -0.25) is 20.4 Å². The van der Waals surface area contributed by atoms with Crippen LogP contribution in [0.25, 0.3) is 0 Å². The Hall–Kier alpha value is -1.17. The zero-order valence-electron chi connectivity index (χ0n) is 9.05. The number of Topliss-reactive ketones (excluding diaryl/α,β-unsaturated/α-hetero) is 1. The summed E-state index contributed by atoms with van der Waals surface area (Å²) in [5.41, 5.74) is 4.67. The largest absolute Gasteiger partial charge is 0.361 e. The van der Waals surface area contributed by atoms with E-state index in [-0.39, 0.29) is 6.42 Å². The Bertz CT molecular complexity index is 244. The molecule has 0 unspecified atom stereocenters. The van der Waals surface area contributed by atoms with Crippen LogP contribution < -0.4 is 16.2 Å². The number of unbranched alkanes of at least 4 members (excludes halogenated alkanes) is 1. The molecule has 0 aliphatic carbocycles. The molecular formula is C9H17N3O2S. The number of hydrogen-bond donors (Lipinski definition) is 3. The number of hydrazine groups is 1. The Morgan fingerprint density at radius 2 is 1.87 bits per heavy atom. The van der Waals surface area contributed by atoms with Crippen molar-refractivity contribution in [2.75, 3.05) is 6.54 Å². The molecule has 0 heterocycles. The lowest BCUT2D eigenvalue weighted by atomic mass is 10.3. The maximum Gasteiger partial charge on any atom is 0.305 e. The molecule has 15 heavy (non-hydrogen) atoms. The van der Waals surface area contributed by atoms with E-state index in [4.69, 9.17) is 12.2 Å². The molecule has 0 aromatic heterocycles. The van der Waals surface area contributed by atoms with Gasteiger partial charge in [0, 0.05) is 13.0 Å². The summed E-state index contributed by atoms with van der Waals surface area (Å²) in [4.78, 5) is 21.9. The highest BCUT2D eigenvalue weighted by molar-refractivity contribution is 7.80. The van der Waals surface area contributed by atoms with E-state index >= 15 is 0 Å². The molecule has 3 N–H and O–H groups in total. The third kappa shape index (κ3) is 6.84. The summed E-state index contributed by atoms with van der Waals surface area (Å²) in [6.45, 7) is 4.44. The molecule has 0 atom stereocenters. The molecule has 6 heteroatoms. The van der Waals surface area contributed by atoms with Crippen molar-refractivity contribution in [3.8, 4) is 0 Å². The third-order valence-corrected chi connectivity index (χ3v) is 1.93. The SMILES string of the molecule is CCCCNC(=S)NNC(=O)C(=O)CC. The van der Waals surface area contributed by atoms with E-state index in [9.17, 15) is 9.59 Å². The molecule has 0 spiro atoms. The predicted octanol–water partition coefficient (Wildman–Crippen LogP) is 0.261. The van der Waals surface area contributed by atoms with Crippen molar-refractivity contribution in [2.45, 2.75) is 33.1 Å². The Labute approximate surface area is 95.0 Å². The van der Waals surface area contributed by atoms with E-state index in [0.29, 0.717) is 5.11 Å². The number of hydrogen-bond acceptors (Lipinski definition) is 3. The van der Waals surface area contributed by atoms with Crippen LogP contribution in [0.1, 0.15) is 33.1 Å². The number of carbonyl (C=O) groups is 2. The van der Waals surface area contributed by atoms with Gasteiger partial charge in [0.2, 0.25) is 5.78 Å². The number of ketones is 1. The molecule has 1 amide bonds. The van der Waals surface area contributed by atoms with E-state index in [1.54, 1.807) is 6.92 Å². The number of nitrogens with one attached hydrogen (secondary N) is 3. The van der Waals surface area contributed by atoms with E-state index < -0.39 is 11.7 Å². The van der Waals surface area contributed by atoms with E-state index in [2.05, 4.69) is 23.1 Å². The van der Waals surface area contributed by atoms with Gasteiger partial charge in [-0.05, 0) is 18.6 Å². The van der Waals surface area contributed by atoms with Crippen LogP contribution in [0.2, 0.25) is 0 Å². The van der Waals surface area contributed by atoms with E-state index in [1.807, 2.05) is 0 Å². The van der Waals surface area contributed by atoms with Crippen LogP contribution in [0.5, 0.6) is 0 Å². The third-order valence-electron chi connectivity index (χ3n) is 1.68. The summed E-state index contributed by atoms with van der Waals surface area (Å²) in [5.74, 6) is -1.14. The average molecular weight is 231 g/mol. The van der Waals surface area contributed by atoms with Gasteiger partial charge in [0.15, 0.2) is 5.11 Å². The summed E-state index contributed by atoms with van der Waals surface area (Å²) < 4.78 is 0. The van der Waals surface area contributed by atoms with Gasteiger partial charge >= 0.3 is 5.91 Å². The zero-order valence-corrected chi connectivity index (χ0v) is 9.87. The van der Waals surface area contributed by atoms with Crippen molar-refractivity contribution >= 4 is 29.0 Å². The summed E-state index contributed by atoms with van der Waals surface area (Å²) in [7, 11) is 0. The van der Waals surface area contributed by atoms with Crippen molar-refractivity contribution < 1.29 is 9.59 Å². The Morgan fingerprint density at radius 1 is 1.20 bits per heavy atom. The van der Waals surface area contributed by atoms with E-state index in [0.717, 1.165) is 19.4 Å². The fraction of sp³-hybridized carbons (Fsp3) is 0.667. The number of carbonyl (C=O) groups excluding carboxylic acids is 2. The number of rotatable bonds is 5. The Kier molecular flexibility index (Phi) is 7.53. The van der Waals surface area contributed by atoms with Crippen molar-refractivity contribution in [2.24, 2.45) is 0 Å². The number of thiocarbonyl (C=S) groups is 1. The zero-order chi connectivity index (χ0) is 11.7. The van der Waals surface area contributed by atoms with Gasteiger partial charge in [-0.1, -0.05) is 20.3 Å². The minimum absolute atomic E-state index is 0.184. The Morgan fingerprint density at radius 3 is 2.40 bits per heavy atom. The molecule has 0 saturated carbocycles. The van der Waals surface area contributed by atoms with Crippen molar-refractivity contribution in [1.82, 2.24) is 16.2 Å². The molecule has 86 valence electrons. The molecule has 0 fully saturated rings. The molecule has 0 radical (unpaired) electrons. The Balaban J connectivity index is 3.62. The molecule has 0 aliphatic rings. The first kappa shape index (κ1) is 13.8. The van der Waals surface area contributed by atoms with Gasteiger partial charge in [0.25, 0.3) is 0 Å². The highest BCUT2D eigenvalue weighted by atomic mass is 32.1. The van der Waals surface area contributed by atoms with Crippen LogP contribution in [0.3, 0.4) is 0 Å². The summed E-state index contributed by atoms with van der Waals surface area (Å²) in [6.07, 6.45) is 2.25. The maximum absolute atomic E-state index is 11.0.